The van der Waals surface area contributed by atoms with Crippen LogP contribution < -0.4 is 15.4 Å². The lowest BCUT2D eigenvalue weighted by Gasteiger charge is -2.28. The minimum Gasteiger partial charge on any atom is -0.390 e. The highest BCUT2D eigenvalue weighted by molar-refractivity contribution is 7.89. The van der Waals surface area contributed by atoms with Gasteiger partial charge in [0.05, 0.1) is 17.2 Å². The summed E-state index contributed by atoms with van der Waals surface area (Å²) in [5, 5.41) is 25.7. The van der Waals surface area contributed by atoms with Crippen LogP contribution in [-0.2, 0) is 10.0 Å². The monoisotopic (exact) mass is 471 g/mol. The maximum Gasteiger partial charge on any atom is 0.240 e. The molecule has 2 aromatic rings. The standard InChI is InChI=1S/C22H29N7O3S/c23-12-16-13-24-22(28-21(16)26-17-4-5-17)27-18-6-8-20(9-7-18)33(31,32)25-14-19(30)15-29-10-2-1-3-11-29/h6-9,13,17,19,25,30H,1-5,10-11,14-15H2,(H2,24,26,27,28). The van der Waals surface area contributed by atoms with Crippen LogP contribution in [0.5, 0.6) is 0 Å². The zero-order valence-corrected chi connectivity index (χ0v) is 19.2. The van der Waals surface area contributed by atoms with Crippen LogP contribution in [0, 0.1) is 11.3 Å². The van der Waals surface area contributed by atoms with Gasteiger partial charge < -0.3 is 20.6 Å². The van der Waals surface area contributed by atoms with Gasteiger partial charge in [-0.1, -0.05) is 6.42 Å². The molecule has 1 saturated heterocycles. The van der Waals surface area contributed by atoms with Gasteiger partial charge in [0.1, 0.15) is 17.5 Å². The van der Waals surface area contributed by atoms with Crippen LogP contribution in [0.2, 0.25) is 0 Å². The molecule has 33 heavy (non-hydrogen) atoms. The predicted molar refractivity (Wildman–Crippen MR) is 125 cm³/mol. The minimum atomic E-state index is -3.74. The first-order chi connectivity index (χ1) is 15.9. The Hall–Kier alpha value is -2.78. The van der Waals surface area contributed by atoms with Crippen molar-refractivity contribution in [2.75, 3.05) is 36.8 Å². The molecular formula is C22H29N7O3S. The maximum absolute atomic E-state index is 12.6. The maximum atomic E-state index is 12.6. The number of hydrogen-bond acceptors (Lipinski definition) is 9. The van der Waals surface area contributed by atoms with Crippen LogP contribution in [0.25, 0.3) is 0 Å². The first kappa shape index (κ1) is 23.4. The van der Waals surface area contributed by atoms with E-state index in [1.807, 2.05) is 0 Å². The van der Waals surface area contributed by atoms with Crippen LogP contribution in [0.4, 0.5) is 17.5 Å². The van der Waals surface area contributed by atoms with Crippen LogP contribution in [0.3, 0.4) is 0 Å². The van der Waals surface area contributed by atoms with E-state index in [2.05, 4.69) is 36.3 Å². The summed E-state index contributed by atoms with van der Waals surface area (Å²) in [4.78, 5) is 10.8. The van der Waals surface area contributed by atoms with Gasteiger partial charge in [0.15, 0.2) is 0 Å². The summed E-state index contributed by atoms with van der Waals surface area (Å²) >= 11 is 0. The van der Waals surface area contributed by atoms with E-state index >= 15 is 0 Å². The predicted octanol–water partition coefficient (Wildman–Crippen LogP) is 1.79. The minimum absolute atomic E-state index is 0.0330. The SMILES string of the molecule is N#Cc1cnc(Nc2ccc(S(=O)(=O)NCC(O)CN3CCCCC3)cc2)nc1NC1CC1. The molecule has 1 aromatic carbocycles. The molecule has 2 aliphatic rings. The second-order valence-electron chi connectivity index (χ2n) is 8.50. The van der Waals surface area contributed by atoms with Gasteiger partial charge in [-0.3, -0.25) is 0 Å². The summed E-state index contributed by atoms with van der Waals surface area (Å²) in [6.45, 7) is 2.32. The summed E-state index contributed by atoms with van der Waals surface area (Å²) in [6.07, 6.45) is 6.24. The number of nitrogens with zero attached hydrogens (tertiary/aromatic N) is 4. The smallest absolute Gasteiger partial charge is 0.240 e. The number of aliphatic hydroxyl groups excluding tert-OH is 1. The topological polar surface area (TPSA) is 143 Å². The zero-order valence-electron chi connectivity index (χ0n) is 18.4. The van der Waals surface area contributed by atoms with Gasteiger partial charge in [-0.05, 0) is 63.0 Å². The highest BCUT2D eigenvalue weighted by Crippen LogP contribution is 2.26. The second kappa shape index (κ2) is 10.4. The third kappa shape index (κ3) is 6.61. The number of aliphatic hydroxyl groups is 1. The zero-order chi connectivity index (χ0) is 23.3. The van der Waals surface area contributed by atoms with Gasteiger partial charge in [0, 0.05) is 24.8 Å². The molecule has 4 rings (SSSR count). The molecule has 1 atom stereocenters. The van der Waals surface area contributed by atoms with Crippen molar-refractivity contribution >= 4 is 27.5 Å². The van der Waals surface area contributed by atoms with E-state index < -0.39 is 16.1 Å². The number of nitrogens with one attached hydrogen (secondary N) is 3. The Morgan fingerprint density at radius 1 is 1.18 bits per heavy atom. The highest BCUT2D eigenvalue weighted by Gasteiger charge is 2.23. The number of hydrogen-bond donors (Lipinski definition) is 4. The van der Waals surface area contributed by atoms with E-state index in [1.165, 1.54) is 24.8 Å². The Labute approximate surface area is 194 Å². The van der Waals surface area contributed by atoms with Crippen LogP contribution in [-0.4, -0.2) is 66.7 Å². The Morgan fingerprint density at radius 2 is 1.91 bits per heavy atom. The average molecular weight is 472 g/mol. The summed E-state index contributed by atoms with van der Waals surface area (Å²) in [5.74, 6) is 0.802. The molecule has 1 saturated carbocycles. The lowest BCUT2D eigenvalue weighted by molar-refractivity contribution is 0.104. The third-order valence-corrected chi connectivity index (χ3v) is 7.11. The molecule has 1 unspecified atom stereocenters. The van der Waals surface area contributed by atoms with Crippen molar-refractivity contribution < 1.29 is 13.5 Å². The summed E-state index contributed by atoms with van der Waals surface area (Å²) in [7, 11) is -3.74. The van der Waals surface area contributed by atoms with E-state index in [9.17, 15) is 18.8 Å². The van der Waals surface area contributed by atoms with Crippen LogP contribution in [0.15, 0.2) is 35.4 Å². The van der Waals surface area contributed by atoms with E-state index in [0.717, 1.165) is 38.8 Å². The van der Waals surface area contributed by atoms with Gasteiger partial charge in [-0.15, -0.1) is 0 Å². The molecule has 0 bridgehead atoms. The molecule has 11 heteroatoms. The molecule has 0 radical (unpaired) electrons. The van der Waals surface area contributed by atoms with Crippen LogP contribution >= 0.6 is 0 Å². The fraction of sp³-hybridized carbons (Fsp3) is 0.500. The number of β-amino-alcohol motifs (C(OH)–C–C–N with tert-alkyl or cyclic N) is 1. The Morgan fingerprint density at radius 3 is 2.58 bits per heavy atom. The number of sulfonamides is 1. The van der Waals surface area contributed by atoms with Crippen molar-refractivity contribution in [2.24, 2.45) is 0 Å². The van der Waals surface area contributed by atoms with Crippen molar-refractivity contribution in [3.63, 3.8) is 0 Å². The number of likely N-dealkylation sites (tertiary alicyclic amines) is 1. The molecule has 4 N–H and O–H groups in total. The van der Waals surface area contributed by atoms with E-state index in [0.29, 0.717) is 35.6 Å². The summed E-state index contributed by atoms with van der Waals surface area (Å²) in [6, 6.07) is 8.62. The van der Waals surface area contributed by atoms with Crippen molar-refractivity contribution in [2.45, 2.75) is 49.1 Å². The first-order valence-corrected chi connectivity index (χ1v) is 12.7. The van der Waals surface area contributed by atoms with Gasteiger partial charge >= 0.3 is 0 Å². The number of rotatable bonds is 10. The number of aromatic nitrogens is 2. The molecule has 176 valence electrons. The molecular weight excluding hydrogens is 442 g/mol. The number of benzene rings is 1. The van der Waals surface area contributed by atoms with Crippen molar-refractivity contribution in [1.29, 1.82) is 5.26 Å². The normalized spacial score (nSPS) is 17.8. The fourth-order valence-corrected chi connectivity index (χ4v) is 4.77. The molecule has 2 heterocycles. The lowest BCUT2D eigenvalue weighted by atomic mass is 10.1. The Kier molecular flexibility index (Phi) is 7.39. The summed E-state index contributed by atoms with van der Waals surface area (Å²) < 4.78 is 27.7. The second-order valence-corrected chi connectivity index (χ2v) is 10.3. The van der Waals surface area contributed by atoms with Crippen molar-refractivity contribution in [1.82, 2.24) is 19.6 Å². The largest absolute Gasteiger partial charge is 0.390 e. The third-order valence-electron chi connectivity index (χ3n) is 5.67. The summed E-state index contributed by atoms with van der Waals surface area (Å²) in [5.41, 5.74) is 0.989. The molecule has 0 amide bonds. The molecule has 10 nitrogen and oxygen atoms in total. The molecule has 1 aromatic heterocycles. The molecule has 1 aliphatic heterocycles. The molecule has 0 spiro atoms. The van der Waals surface area contributed by atoms with Crippen LogP contribution in [0.1, 0.15) is 37.7 Å². The first-order valence-electron chi connectivity index (χ1n) is 11.2. The lowest BCUT2D eigenvalue weighted by Crippen LogP contribution is -2.41. The highest BCUT2D eigenvalue weighted by atomic mass is 32.2. The molecule has 1 aliphatic carbocycles. The van der Waals surface area contributed by atoms with E-state index in [1.54, 1.807) is 12.1 Å². The van der Waals surface area contributed by atoms with Gasteiger partial charge in [-0.2, -0.15) is 10.2 Å². The Balaban J connectivity index is 1.33. The van der Waals surface area contributed by atoms with Crippen molar-refractivity contribution in [3.8, 4) is 6.07 Å². The quantitative estimate of drug-likeness (QED) is 0.408. The average Bonchev–Trinajstić information content (AvgIpc) is 3.63. The Bertz CT molecular complexity index is 1090. The number of anilines is 3. The molecule has 2 fully saturated rings. The number of nitriles is 1. The number of piperidine rings is 1. The van der Waals surface area contributed by atoms with E-state index in [-0.39, 0.29) is 11.4 Å². The van der Waals surface area contributed by atoms with Gasteiger partial charge in [-0.25, -0.2) is 18.1 Å². The van der Waals surface area contributed by atoms with E-state index in [4.69, 9.17) is 0 Å². The fourth-order valence-electron chi connectivity index (χ4n) is 3.70. The van der Waals surface area contributed by atoms with Gasteiger partial charge in [0.25, 0.3) is 0 Å². The van der Waals surface area contributed by atoms with Gasteiger partial charge in [0.2, 0.25) is 16.0 Å². The van der Waals surface area contributed by atoms with Crippen molar-refractivity contribution in [3.05, 3.63) is 36.0 Å².